The second-order valence-corrected chi connectivity index (χ2v) is 11.1. The number of fused-ring (bicyclic) bond motifs is 1. The number of amides is 1. The summed E-state index contributed by atoms with van der Waals surface area (Å²) in [6.07, 6.45) is 0.183. The van der Waals surface area contributed by atoms with Crippen molar-refractivity contribution in [3.63, 3.8) is 0 Å². The van der Waals surface area contributed by atoms with Gasteiger partial charge in [-0.25, -0.2) is 8.42 Å². The Morgan fingerprint density at radius 1 is 1.17 bits per heavy atom. The van der Waals surface area contributed by atoms with Gasteiger partial charge in [-0.2, -0.15) is 4.99 Å². The van der Waals surface area contributed by atoms with Gasteiger partial charge in [0.2, 0.25) is 0 Å². The summed E-state index contributed by atoms with van der Waals surface area (Å²) in [6, 6.07) is 13.2. The standard InChI is InChI=1S/C22H24N2O4S2/c1-14-4-5-15(2)18(10-14)24-19-12-30(26,27)13-20(19)29-22(24)23-21(25)11-16-6-8-17(28-3)9-7-16/h4-10,19-20H,11-13H2,1-3H3/t19-,20+/m0/s1. The van der Waals surface area contributed by atoms with Crippen LogP contribution in [0.2, 0.25) is 0 Å². The molecule has 0 unspecified atom stereocenters. The van der Waals surface area contributed by atoms with Crippen molar-refractivity contribution >= 4 is 38.4 Å². The summed E-state index contributed by atoms with van der Waals surface area (Å²) in [6.45, 7) is 3.99. The van der Waals surface area contributed by atoms with Crippen molar-refractivity contribution in [2.45, 2.75) is 31.6 Å². The second kappa shape index (κ2) is 8.07. The minimum atomic E-state index is -3.09. The van der Waals surface area contributed by atoms with Gasteiger partial charge < -0.3 is 9.64 Å². The van der Waals surface area contributed by atoms with E-state index >= 15 is 0 Å². The monoisotopic (exact) mass is 444 g/mol. The zero-order chi connectivity index (χ0) is 21.5. The number of benzene rings is 2. The molecule has 0 spiro atoms. The third-order valence-electron chi connectivity index (χ3n) is 5.43. The third-order valence-corrected chi connectivity index (χ3v) is 8.64. The first kappa shape index (κ1) is 20.9. The van der Waals surface area contributed by atoms with Crippen LogP contribution in [0.3, 0.4) is 0 Å². The molecule has 2 aromatic carbocycles. The maximum atomic E-state index is 12.7. The Bertz CT molecular complexity index is 1110. The van der Waals surface area contributed by atoms with Gasteiger partial charge >= 0.3 is 0 Å². The number of nitrogens with zero attached hydrogens (tertiary/aromatic N) is 2. The van der Waals surface area contributed by atoms with E-state index in [1.807, 2.05) is 61.2 Å². The molecule has 0 saturated carbocycles. The number of sulfone groups is 1. The molecule has 0 aromatic heterocycles. The Hall–Kier alpha value is -2.32. The molecule has 158 valence electrons. The molecule has 0 aliphatic carbocycles. The van der Waals surface area contributed by atoms with E-state index in [0.717, 1.165) is 28.1 Å². The Morgan fingerprint density at radius 3 is 2.60 bits per heavy atom. The lowest BCUT2D eigenvalue weighted by molar-refractivity contribution is -0.117. The molecule has 0 radical (unpaired) electrons. The number of anilines is 1. The van der Waals surface area contributed by atoms with Crippen LogP contribution >= 0.6 is 11.8 Å². The molecule has 0 N–H and O–H groups in total. The second-order valence-electron chi connectivity index (χ2n) is 7.77. The molecule has 30 heavy (non-hydrogen) atoms. The van der Waals surface area contributed by atoms with Gasteiger partial charge in [-0.1, -0.05) is 36.0 Å². The van der Waals surface area contributed by atoms with E-state index in [0.29, 0.717) is 5.17 Å². The van der Waals surface area contributed by atoms with Crippen LogP contribution in [-0.2, 0) is 21.1 Å². The van der Waals surface area contributed by atoms with E-state index in [1.165, 1.54) is 11.8 Å². The van der Waals surface area contributed by atoms with E-state index in [1.54, 1.807) is 7.11 Å². The summed E-state index contributed by atoms with van der Waals surface area (Å²) < 4.78 is 29.6. The summed E-state index contributed by atoms with van der Waals surface area (Å²) in [5.74, 6) is 0.693. The molecular weight excluding hydrogens is 420 g/mol. The number of amidine groups is 1. The fourth-order valence-corrected chi connectivity index (χ4v) is 7.81. The minimum Gasteiger partial charge on any atom is -0.497 e. The Morgan fingerprint density at radius 2 is 1.90 bits per heavy atom. The molecule has 2 aliphatic heterocycles. The lowest BCUT2D eigenvalue weighted by atomic mass is 10.1. The van der Waals surface area contributed by atoms with Crippen molar-refractivity contribution in [2.75, 3.05) is 23.5 Å². The van der Waals surface area contributed by atoms with Crippen LogP contribution in [0.25, 0.3) is 0 Å². The molecule has 8 heteroatoms. The van der Waals surface area contributed by atoms with Gasteiger partial charge in [0, 0.05) is 10.9 Å². The maximum Gasteiger partial charge on any atom is 0.252 e. The first-order chi connectivity index (χ1) is 14.3. The van der Waals surface area contributed by atoms with Gasteiger partial charge in [-0.05, 0) is 48.7 Å². The van der Waals surface area contributed by atoms with Crippen molar-refractivity contribution in [1.29, 1.82) is 0 Å². The van der Waals surface area contributed by atoms with Crippen LogP contribution < -0.4 is 9.64 Å². The highest BCUT2D eigenvalue weighted by Crippen LogP contribution is 2.42. The number of methoxy groups -OCH3 is 1. The lowest BCUT2D eigenvalue weighted by Gasteiger charge is -2.26. The number of hydrogen-bond donors (Lipinski definition) is 0. The molecule has 2 atom stereocenters. The zero-order valence-corrected chi connectivity index (χ0v) is 18.8. The molecule has 2 aliphatic rings. The topological polar surface area (TPSA) is 76.0 Å². The van der Waals surface area contributed by atoms with E-state index < -0.39 is 9.84 Å². The number of rotatable bonds is 4. The van der Waals surface area contributed by atoms with E-state index in [-0.39, 0.29) is 35.1 Å². The number of aliphatic imine (C=N–C) groups is 1. The molecule has 2 aromatic rings. The Kier molecular flexibility index (Phi) is 5.63. The highest BCUT2D eigenvalue weighted by molar-refractivity contribution is 8.16. The highest BCUT2D eigenvalue weighted by atomic mass is 32.2. The van der Waals surface area contributed by atoms with Crippen LogP contribution in [0.5, 0.6) is 5.75 Å². The molecule has 6 nitrogen and oxygen atoms in total. The summed E-state index contributed by atoms with van der Waals surface area (Å²) in [7, 11) is -1.49. The summed E-state index contributed by atoms with van der Waals surface area (Å²) >= 11 is 1.40. The van der Waals surface area contributed by atoms with Crippen LogP contribution in [-0.4, -0.2) is 49.4 Å². The SMILES string of the molecule is COc1ccc(CC(=O)N=C2S[C@@H]3CS(=O)(=O)C[C@@H]3N2c2cc(C)ccc2C)cc1. The van der Waals surface area contributed by atoms with Gasteiger partial charge in [0.1, 0.15) is 5.75 Å². The number of ether oxygens (including phenoxy) is 1. The fourth-order valence-electron chi connectivity index (χ4n) is 3.89. The predicted molar refractivity (Wildman–Crippen MR) is 121 cm³/mol. The van der Waals surface area contributed by atoms with Crippen molar-refractivity contribution in [1.82, 2.24) is 0 Å². The highest BCUT2D eigenvalue weighted by Gasteiger charge is 2.49. The normalized spacial score (nSPS) is 23.6. The van der Waals surface area contributed by atoms with E-state index in [2.05, 4.69) is 4.99 Å². The van der Waals surface area contributed by atoms with Gasteiger partial charge in [0.15, 0.2) is 15.0 Å². The molecule has 2 fully saturated rings. The molecule has 4 rings (SSSR count). The first-order valence-electron chi connectivity index (χ1n) is 9.74. The molecule has 2 heterocycles. The fraction of sp³-hybridized carbons (Fsp3) is 0.364. The molecular formula is C22H24N2O4S2. The average Bonchev–Trinajstić information content (AvgIpc) is 3.15. The van der Waals surface area contributed by atoms with Crippen LogP contribution in [0, 0.1) is 13.8 Å². The van der Waals surface area contributed by atoms with Crippen molar-refractivity contribution in [3.8, 4) is 5.75 Å². The number of hydrogen-bond acceptors (Lipinski definition) is 5. The molecule has 1 amide bonds. The van der Waals surface area contributed by atoms with E-state index in [9.17, 15) is 13.2 Å². The number of aryl methyl sites for hydroxylation is 2. The number of carbonyl (C=O) groups excluding carboxylic acids is 1. The van der Waals surface area contributed by atoms with Gasteiger partial charge in [0.25, 0.3) is 5.91 Å². The minimum absolute atomic E-state index is 0.0870. The lowest BCUT2D eigenvalue weighted by Crippen LogP contribution is -2.38. The van der Waals surface area contributed by atoms with E-state index in [4.69, 9.17) is 4.74 Å². The Balaban J connectivity index is 1.64. The summed E-state index contributed by atoms with van der Waals surface area (Å²) in [5.41, 5.74) is 3.88. The summed E-state index contributed by atoms with van der Waals surface area (Å²) in [4.78, 5) is 19.1. The van der Waals surface area contributed by atoms with Crippen molar-refractivity contribution in [3.05, 3.63) is 59.2 Å². The van der Waals surface area contributed by atoms with Crippen LogP contribution in [0.4, 0.5) is 5.69 Å². The number of thioether (sulfide) groups is 1. The van der Waals surface area contributed by atoms with Crippen LogP contribution in [0.15, 0.2) is 47.5 Å². The first-order valence-corrected chi connectivity index (χ1v) is 12.4. The molecule has 0 bridgehead atoms. The van der Waals surface area contributed by atoms with Gasteiger partial charge in [-0.3, -0.25) is 4.79 Å². The number of carbonyl (C=O) groups is 1. The maximum absolute atomic E-state index is 12.7. The smallest absolute Gasteiger partial charge is 0.252 e. The van der Waals surface area contributed by atoms with Crippen LogP contribution in [0.1, 0.15) is 16.7 Å². The Labute approximate surface area is 181 Å². The van der Waals surface area contributed by atoms with Gasteiger partial charge in [-0.15, -0.1) is 0 Å². The predicted octanol–water partition coefficient (Wildman–Crippen LogP) is 3.16. The largest absolute Gasteiger partial charge is 0.497 e. The quantitative estimate of drug-likeness (QED) is 0.721. The van der Waals surface area contributed by atoms with Crippen molar-refractivity contribution in [2.24, 2.45) is 4.99 Å². The molecule has 2 saturated heterocycles. The zero-order valence-electron chi connectivity index (χ0n) is 17.2. The van der Waals surface area contributed by atoms with Gasteiger partial charge in [0.05, 0.1) is 31.1 Å². The average molecular weight is 445 g/mol. The third kappa shape index (κ3) is 4.25. The summed E-state index contributed by atoms with van der Waals surface area (Å²) in [5, 5.41) is 0.481. The van der Waals surface area contributed by atoms with Crippen molar-refractivity contribution < 1.29 is 17.9 Å².